The first-order valence-electron chi connectivity index (χ1n) is 4.52. The predicted molar refractivity (Wildman–Crippen MR) is 54.5 cm³/mol. The molecule has 6 nitrogen and oxygen atoms in total. The van der Waals surface area contributed by atoms with Gasteiger partial charge in [0, 0.05) is 6.07 Å². The standard InChI is InChI=1S/C9H10O6S/c10-16(11,12)4-3-13-7-1-2-8-9(5-7)15-6-14-8/h1-2,5H,3-4,6H2,(H,10,11,12). The molecule has 0 amide bonds. The molecule has 1 aromatic rings. The van der Waals surface area contributed by atoms with Gasteiger partial charge in [-0.2, -0.15) is 8.42 Å². The lowest BCUT2D eigenvalue weighted by atomic mass is 10.3. The van der Waals surface area contributed by atoms with Crippen LogP contribution in [-0.2, 0) is 10.1 Å². The van der Waals surface area contributed by atoms with Crippen LogP contribution in [0.5, 0.6) is 17.2 Å². The molecule has 0 bridgehead atoms. The molecule has 7 heteroatoms. The smallest absolute Gasteiger partial charge is 0.268 e. The van der Waals surface area contributed by atoms with E-state index in [0.29, 0.717) is 17.2 Å². The van der Waals surface area contributed by atoms with Gasteiger partial charge in [0.2, 0.25) is 6.79 Å². The van der Waals surface area contributed by atoms with Crippen molar-refractivity contribution in [2.45, 2.75) is 0 Å². The summed E-state index contributed by atoms with van der Waals surface area (Å²) in [5.41, 5.74) is 0. The summed E-state index contributed by atoms with van der Waals surface area (Å²) in [5.74, 6) is 1.21. The van der Waals surface area contributed by atoms with E-state index in [1.807, 2.05) is 0 Å². The highest BCUT2D eigenvalue weighted by molar-refractivity contribution is 7.85. The van der Waals surface area contributed by atoms with Crippen molar-refractivity contribution in [3.8, 4) is 17.2 Å². The van der Waals surface area contributed by atoms with Crippen LogP contribution < -0.4 is 14.2 Å². The SMILES string of the molecule is O=S(=O)(O)CCOc1ccc2c(c1)OCO2. The van der Waals surface area contributed by atoms with Crippen molar-refractivity contribution in [1.82, 2.24) is 0 Å². The van der Waals surface area contributed by atoms with Gasteiger partial charge in [0.1, 0.15) is 18.1 Å². The first-order valence-corrected chi connectivity index (χ1v) is 6.13. The summed E-state index contributed by atoms with van der Waals surface area (Å²) in [5, 5.41) is 0. The van der Waals surface area contributed by atoms with Crippen LogP contribution in [0, 0.1) is 0 Å². The minimum Gasteiger partial charge on any atom is -0.492 e. The molecule has 1 aliphatic heterocycles. The quantitative estimate of drug-likeness (QED) is 0.787. The Kier molecular flexibility index (Phi) is 2.88. The lowest BCUT2D eigenvalue weighted by molar-refractivity contribution is 0.174. The van der Waals surface area contributed by atoms with Crippen LogP contribution in [-0.4, -0.2) is 32.1 Å². The number of rotatable bonds is 4. The van der Waals surface area contributed by atoms with E-state index in [1.54, 1.807) is 18.2 Å². The number of hydrogen-bond acceptors (Lipinski definition) is 5. The van der Waals surface area contributed by atoms with Crippen LogP contribution in [0.3, 0.4) is 0 Å². The lowest BCUT2D eigenvalue weighted by Crippen LogP contribution is -2.12. The van der Waals surface area contributed by atoms with Crippen molar-refractivity contribution < 1.29 is 27.2 Å². The van der Waals surface area contributed by atoms with Gasteiger partial charge in [-0.25, -0.2) is 0 Å². The number of fused-ring (bicyclic) bond motifs is 1. The Balaban J connectivity index is 1.95. The van der Waals surface area contributed by atoms with Gasteiger partial charge in [0.25, 0.3) is 10.1 Å². The molecule has 0 saturated carbocycles. The molecule has 1 N–H and O–H groups in total. The fraction of sp³-hybridized carbons (Fsp3) is 0.333. The highest BCUT2D eigenvalue weighted by atomic mass is 32.2. The number of hydrogen-bond donors (Lipinski definition) is 1. The van der Waals surface area contributed by atoms with Crippen LogP contribution in [0.25, 0.3) is 0 Å². The second-order valence-corrected chi connectivity index (χ2v) is 4.72. The van der Waals surface area contributed by atoms with E-state index in [-0.39, 0.29) is 13.4 Å². The fourth-order valence-electron chi connectivity index (χ4n) is 1.23. The van der Waals surface area contributed by atoms with E-state index in [0.717, 1.165) is 0 Å². The zero-order chi connectivity index (χ0) is 11.6. The third-order valence-electron chi connectivity index (χ3n) is 1.95. The fourth-order valence-corrected chi connectivity index (χ4v) is 1.53. The molecule has 0 atom stereocenters. The summed E-state index contributed by atoms with van der Waals surface area (Å²) in [4.78, 5) is 0. The van der Waals surface area contributed by atoms with Crippen molar-refractivity contribution in [2.75, 3.05) is 19.2 Å². The van der Waals surface area contributed by atoms with Crippen molar-refractivity contribution in [3.05, 3.63) is 18.2 Å². The van der Waals surface area contributed by atoms with Crippen LogP contribution in [0.4, 0.5) is 0 Å². The molecule has 88 valence electrons. The van der Waals surface area contributed by atoms with Crippen molar-refractivity contribution in [2.24, 2.45) is 0 Å². The van der Waals surface area contributed by atoms with E-state index < -0.39 is 15.9 Å². The molecule has 0 radical (unpaired) electrons. The first-order chi connectivity index (χ1) is 7.54. The maximum atomic E-state index is 10.4. The minimum atomic E-state index is -3.99. The maximum absolute atomic E-state index is 10.4. The Hall–Kier alpha value is -1.47. The Morgan fingerprint density at radius 2 is 2.06 bits per heavy atom. The molecule has 0 spiro atoms. The van der Waals surface area contributed by atoms with Gasteiger partial charge in [-0.15, -0.1) is 0 Å². The van der Waals surface area contributed by atoms with E-state index in [9.17, 15) is 8.42 Å². The van der Waals surface area contributed by atoms with Crippen LogP contribution in [0.15, 0.2) is 18.2 Å². The van der Waals surface area contributed by atoms with Gasteiger partial charge < -0.3 is 14.2 Å². The monoisotopic (exact) mass is 246 g/mol. The molecular formula is C9H10O6S. The molecule has 0 saturated heterocycles. The molecule has 0 unspecified atom stereocenters. The molecule has 16 heavy (non-hydrogen) atoms. The van der Waals surface area contributed by atoms with Crippen LogP contribution in [0.2, 0.25) is 0 Å². The molecule has 1 aliphatic rings. The molecule has 0 fully saturated rings. The van der Waals surface area contributed by atoms with E-state index in [4.69, 9.17) is 18.8 Å². The first kappa shape index (κ1) is 11.0. The predicted octanol–water partition coefficient (Wildman–Crippen LogP) is 0.682. The molecule has 1 heterocycles. The van der Waals surface area contributed by atoms with Crippen molar-refractivity contribution in [3.63, 3.8) is 0 Å². The highest BCUT2D eigenvalue weighted by Gasteiger charge is 2.14. The second-order valence-electron chi connectivity index (χ2n) is 3.15. The Morgan fingerprint density at radius 3 is 2.81 bits per heavy atom. The second kappa shape index (κ2) is 4.18. The summed E-state index contributed by atoms with van der Waals surface area (Å²) in [7, 11) is -3.99. The average Bonchev–Trinajstić information content (AvgIpc) is 2.62. The zero-order valence-corrected chi connectivity index (χ0v) is 9.07. The summed E-state index contributed by atoms with van der Waals surface area (Å²) in [6.07, 6.45) is 0. The molecular weight excluding hydrogens is 236 g/mol. The van der Waals surface area contributed by atoms with E-state index in [1.165, 1.54) is 0 Å². The number of benzene rings is 1. The minimum absolute atomic E-state index is 0.113. The van der Waals surface area contributed by atoms with Gasteiger partial charge in [-0.1, -0.05) is 0 Å². The largest absolute Gasteiger partial charge is 0.492 e. The van der Waals surface area contributed by atoms with Crippen molar-refractivity contribution >= 4 is 10.1 Å². The van der Waals surface area contributed by atoms with E-state index in [2.05, 4.69) is 0 Å². The topological polar surface area (TPSA) is 82.1 Å². The van der Waals surface area contributed by atoms with Gasteiger partial charge in [-0.05, 0) is 12.1 Å². The van der Waals surface area contributed by atoms with Crippen LogP contribution >= 0.6 is 0 Å². The number of ether oxygens (including phenoxy) is 3. The van der Waals surface area contributed by atoms with Gasteiger partial charge in [0.15, 0.2) is 11.5 Å². The Labute approximate surface area is 92.5 Å². The zero-order valence-electron chi connectivity index (χ0n) is 8.25. The average molecular weight is 246 g/mol. The summed E-state index contributed by atoms with van der Waals surface area (Å²) in [6.45, 7) is 0.0578. The molecule has 2 rings (SSSR count). The molecule has 0 aromatic heterocycles. The third-order valence-corrected chi connectivity index (χ3v) is 2.64. The van der Waals surface area contributed by atoms with Gasteiger partial charge in [-0.3, -0.25) is 4.55 Å². The summed E-state index contributed by atoms with van der Waals surface area (Å²) >= 11 is 0. The maximum Gasteiger partial charge on any atom is 0.268 e. The van der Waals surface area contributed by atoms with E-state index >= 15 is 0 Å². The Morgan fingerprint density at radius 1 is 1.31 bits per heavy atom. The normalized spacial score (nSPS) is 13.8. The third kappa shape index (κ3) is 2.77. The summed E-state index contributed by atoms with van der Waals surface area (Å²) in [6, 6.07) is 4.91. The van der Waals surface area contributed by atoms with Crippen molar-refractivity contribution in [1.29, 1.82) is 0 Å². The highest BCUT2D eigenvalue weighted by Crippen LogP contribution is 2.34. The Bertz CT molecular complexity index is 481. The van der Waals surface area contributed by atoms with Crippen LogP contribution in [0.1, 0.15) is 0 Å². The summed E-state index contributed by atoms with van der Waals surface area (Å²) < 4.78 is 44.7. The van der Waals surface area contributed by atoms with Gasteiger partial charge in [0.05, 0.1) is 0 Å². The lowest BCUT2D eigenvalue weighted by Gasteiger charge is -2.05. The van der Waals surface area contributed by atoms with Gasteiger partial charge >= 0.3 is 0 Å². The molecule has 0 aliphatic carbocycles. The molecule has 1 aromatic carbocycles.